The Morgan fingerprint density at radius 2 is 0.827 bits per heavy atom. The van der Waals surface area contributed by atoms with Crippen molar-refractivity contribution in [1.82, 2.24) is 19.9 Å². The van der Waals surface area contributed by atoms with E-state index < -0.39 is 0 Å². The lowest BCUT2D eigenvalue weighted by Crippen LogP contribution is -2.01. The van der Waals surface area contributed by atoms with Crippen LogP contribution in [0.2, 0.25) is 0 Å². The van der Waals surface area contributed by atoms with Crippen molar-refractivity contribution in [1.29, 1.82) is 0 Å². The summed E-state index contributed by atoms with van der Waals surface area (Å²) >= 11 is 3.60. The number of rotatable bonds is 4. The Bertz CT molecular complexity index is 3200. The lowest BCUT2D eigenvalue weighted by molar-refractivity contribution is 1.08. The molecule has 52 heavy (non-hydrogen) atoms. The highest BCUT2D eigenvalue weighted by atomic mass is 32.1. The molecule has 0 amide bonds. The van der Waals surface area contributed by atoms with Crippen LogP contribution in [-0.4, -0.2) is 19.9 Å². The maximum atomic E-state index is 5.44. The fourth-order valence-corrected chi connectivity index (χ4v) is 9.94. The smallest absolute Gasteiger partial charge is 0.165 e. The quantitative estimate of drug-likeness (QED) is 0.184. The molecular formula is C46H26N4S2. The van der Waals surface area contributed by atoms with Gasteiger partial charge in [0.1, 0.15) is 0 Å². The summed E-state index contributed by atoms with van der Waals surface area (Å²) in [7, 11) is 0. The Balaban J connectivity index is 1.16. The van der Waals surface area contributed by atoms with Crippen molar-refractivity contribution in [3.63, 3.8) is 0 Å². The Labute approximate surface area is 306 Å². The number of nitrogens with zero attached hydrogens (tertiary/aromatic N) is 4. The first-order valence-corrected chi connectivity index (χ1v) is 18.9. The van der Waals surface area contributed by atoms with E-state index in [4.69, 9.17) is 19.9 Å². The second kappa shape index (κ2) is 11.6. The largest absolute Gasteiger partial charge is 0.246 e. The zero-order chi connectivity index (χ0) is 34.2. The molecule has 0 aliphatic carbocycles. The number of thiophene rings is 2. The lowest BCUT2D eigenvalue weighted by atomic mass is 9.94. The first-order chi connectivity index (χ1) is 25.8. The number of fused-ring (bicyclic) bond motifs is 9. The van der Waals surface area contributed by atoms with Crippen LogP contribution in [0.4, 0.5) is 0 Å². The first-order valence-electron chi connectivity index (χ1n) is 17.2. The molecule has 242 valence electrons. The van der Waals surface area contributed by atoms with Crippen LogP contribution in [0.3, 0.4) is 0 Å². The van der Waals surface area contributed by atoms with Gasteiger partial charge < -0.3 is 0 Å². The molecule has 7 aromatic carbocycles. The van der Waals surface area contributed by atoms with Crippen LogP contribution in [0.1, 0.15) is 0 Å². The first kappa shape index (κ1) is 29.4. The minimum atomic E-state index is 0.641. The minimum Gasteiger partial charge on any atom is -0.246 e. The van der Waals surface area contributed by atoms with Crippen molar-refractivity contribution < 1.29 is 0 Å². The van der Waals surface area contributed by atoms with Crippen LogP contribution in [0.5, 0.6) is 0 Å². The zero-order valence-electron chi connectivity index (χ0n) is 27.6. The second-order valence-corrected chi connectivity index (χ2v) is 15.0. The third-order valence-corrected chi connectivity index (χ3v) is 12.4. The van der Waals surface area contributed by atoms with Gasteiger partial charge in [-0.15, -0.1) is 22.7 Å². The summed E-state index contributed by atoms with van der Waals surface area (Å²) < 4.78 is 4.90. The van der Waals surface area contributed by atoms with Gasteiger partial charge in [0.2, 0.25) is 0 Å². The van der Waals surface area contributed by atoms with Gasteiger partial charge in [0.05, 0.1) is 15.9 Å². The highest BCUT2D eigenvalue weighted by Crippen LogP contribution is 2.44. The summed E-state index contributed by atoms with van der Waals surface area (Å²) in [6.45, 7) is 0. The molecule has 0 bridgehead atoms. The number of hydrogen-bond acceptors (Lipinski definition) is 6. The van der Waals surface area contributed by atoms with Crippen LogP contribution in [0.25, 0.3) is 107 Å². The minimum absolute atomic E-state index is 0.641. The summed E-state index contributed by atoms with van der Waals surface area (Å²) in [6.07, 6.45) is 0. The SMILES string of the molecule is c1ccc(-c2nc(-c3ccc(-c4nc5c6ccccc6sc5c5ccccc45)c4ccccc34)nc(-c3cccc4c3sc3ccccc34)n2)cc1. The normalized spacial score (nSPS) is 11.8. The Hall–Kier alpha value is -6.34. The maximum Gasteiger partial charge on any atom is 0.165 e. The molecule has 0 aliphatic rings. The van der Waals surface area contributed by atoms with E-state index in [1.165, 1.54) is 40.3 Å². The highest BCUT2D eigenvalue weighted by molar-refractivity contribution is 7.27. The molecule has 0 fully saturated rings. The molecule has 6 heteroatoms. The molecular weight excluding hydrogens is 673 g/mol. The molecule has 0 aliphatic heterocycles. The molecule has 0 spiro atoms. The van der Waals surface area contributed by atoms with E-state index in [9.17, 15) is 0 Å². The molecule has 4 nitrogen and oxygen atoms in total. The number of hydrogen-bond donors (Lipinski definition) is 0. The Morgan fingerprint density at radius 1 is 0.308 bits per heavy atom. The fraction of sp³-hybridized carbons (Fsp3) is 0. The third kappa shape index (κ3) is 4.51. The molecule has 4 heterocycles. The Morgan fingerprint density at radius 3 is 1.62 bits per heavy atom. The topological polar surface area (TPSA) is 51.6 Å². The Kier molecular flexibility index (Phi) is 6.56. The second-order valence-electron chi connectivity index (χ2n) is 12.9. The van der Waals surface area contributed by atoms with E-state index in [0.29, 0.717) is 17.5 Å². The van der Waals surface area contributed by atoms with Crippen molar-refractivity contribution in [2.45, 2.75) is 0 Å². The van der Waals surface area contributed by atoms with E-state index in [1.54, 1.807) is 11.3 Å². The lowest BCUT2D eigenvalue weighted by Gasteiger charge is -2.14. The van der Waals surface area contributed by atoms with Crippen LogP contribution >= 0.6 is 22.7 Å². The fourth-order valence-electron chi connectivity index (χ4n) is 7.55. The molecule has 0 saturated carbocycles. The zero-order valence-corrected chi connectivity index (χ0v) is 29.2. The van der Waals surface area contributed by atoms with E-state index in [1.807, 2.05) is 29.5 Å². The standard InChI is InChI=1S/C46H26N4S2/c1-2-13-27(14-3-1)44-48-45(50-46(49-44)37-22-12-21-33-30-17-8-10-23-38(30)51-42(33)37)35-26-25-32(28-15-4-5-16-29(28)35)40-31-18-6-7-19-34(31)43-41(47-40)36-20-9-11-24-39(36)52-43/h1-26H. The summed E-state index contributed by atoms with van der Waals surface area (Å²) in [4.78, 5) is 21.0. The highest BCUT2D eigenvalue weighted by Gasteiger charge is 2.20. The molecule has 0 N–H and O–H groups in total. The van der Waals surface area contributed by atoms with Crippen molar-refractivity contribution in [3.05, 3.63) is 158 Å². The summed E-state index contributed by atoms with van der Waals surface area (Å²) in [5, 5.41) is 8.19. The van der Waals surface area contributed by atoms with Crippen molar-refractivity contribution >= 4 is 84.7 Å². The van der Waals surface area contributed by atoms with E-state index in [2.05, 4.69) is 140 Å². The molecule has 11 aromatic rings. The van der Waals surface area contributed by atoms with Gasteiger partial charge in [-0.2, -0.15) is 0 Å². The van der Waals surface area contributed by atoms with E-state index in [-0.39, 0.29) is 0 Å². The maximum absolute atomic E-state index is 5.44. The van der Waals surface area contributed by atoms with Crippen molar-refractivity contribution in [2.24, 2.45) is 0 Å². The predicted octanol–water partition coefficient (Wildman–Crippen LogP) is 13.0. The van der Waals surface area contributed by atoms with Crippen LogP contribution in [0.15, 0.2) is 158 Å². The molecule has 0 atom stereocenters. The predicted molar refractivity (Wildman–Crippen MR) is 220 cm³/mol. The van der Waals surface area contributed by atoms with Gasteiger partial charge in [0.15, 0.2) is 17.5 Å². The van der Waals surface area contributed by atoms with Crippen LogP contribution in [0, 0.1) is 0 Å². The molecule has 0 saturated heterocycles. The number of aromatic nitrogens is 4. The number of benzene rings is 7. The third-order valence-electron chi connectivity index (χ3n) is 9.95. The summed E-state index contributed by atoms with van der Waals surface area (Å²) in [5.74, 6) is 1.95. The van der Waals surface area contributed by atoms with Crippen molar-refractivity contribution in [3.8, 4) is 45.4 Å². The molecule has 0 radical (unpaired) electrons. The average Bonchev–Trinajstić information content (AvgIpc) is 3.79. The van der Waals surface area contributed by atoms with Gasteiger partial charge >= 0.3 is 0 Å². The van der Waals surface area contributed by atoms with E-state index >= 15 is 0 Å². The van der Waals surface area contributed by atoms with Gasteiger partial charge in [-0.05, 0) is 35.0 Å². The van der Waals surface area contributed by atoms with Gasteiger partial charge in [0, 0.05) is 63.3 Å². The van der Waals surface area contributed by atoms with Gasteiger partial charge in [-0.3, -0.25) is 0 Å². The van der Waals surface area contributed by atoms with Crippen LogP contribution < -0.4 is 0 Å². The molecule has 0 unspecified atom stereocenters. The van der Waals surface area contributed by atoms with Crippen LogP contribution in [-0.2, 0) is 0 Å². The van der Waals surface area contributed by atoms with Crippen molar-refractivity contribution in [2.75, 3.05) is 0 Å². The molecule has 4 aromatic heterocycles. The molecule has 11 rings (SSSR count). The van der Waals surface area contributed by atoms with E-state index in [0.717, 1.165) is 49.6 Å². The summed E-state index contributed by atoms with van der Waals surface area (Å²) in [6, 6.07) is 55.4. The van der Waals surface area contributed by atoms with Gasteiger partial charge in [-0.1, -0.05) is 133 Å². The number of pyridine rings is 1. The van der Waals surface area contributed by atoms with Gasteiger partial charge in [0.25, 0.3) is 0 Å². The average molecular weight is 699 g/mol. The summed E-state index contributed by atoms with van der Waals surface area (Å²) in [5.41, 5.74) is 6.02. The van der Waals surface area contributed by atoms with Gasteiger partial charge in [-0.25, -0.2) is 19.9 Å². The monoisotopic (exact) mass is 698 g/mol.